The molecular weight excluding hydrogens is 255 g/mol. The summed E-state index contributed by atoms with van der Waals surface area (Å²) in [6, 6.07) is 5.95. The average Bonchev–Trinajstić information content (AvgIpc) is 2.79. The summed E-state index contributed by atoms with van der Waals surface area (Å²) in [5.74, 6) is 4.40. The normalized spacial score (nSPS) is 10.1. The standard InChI is InChI=1S/C11H11FN4OS/c12-7-1-3-8(4-2-7)14-11-15-9(6-18-11)5-10(17)16-13/h1-4,6H,5,13H2,(H,14,15)(H,16,17). The number of hydrogen-bond donors (Lipinski definition) is 3. The van der Waals surface area contributed by atoms with Crippen LogP contribution in [0.3, 0.4) is 0 Å². The maximum Gasteiger partial charge on any atom is 0.239 e. The number of thiazole rings is 1. The van der Waals surface area contributed by atoms with Crippen LogP contribution >= 0.6 is 11.3 Å². The van der Waals surface area contributed by atoms with Crippen LogP contribution in [0.2, 0.25) is 0 Å². The fourth-order valence-corrected chi connectivity index (χ4v) is 2.05. The molecular formula is C11H11FN4OS. The van der Waals surface area contributed by atoms with Crippen molar-refractivity contribution in [3.8, 4) is 0 Å². The van der Waals surface area contributed by atoms with Gasteiger partial charge in [0.25, 0.3) is 0 Å². The number of carbonyl (C=O) groups excluding carboxylic acids is 1. The Labute approximate surface area is 107 Å². The highest BCUT2D eigenvalue weighted by Gasteiger charge is 2.06. The van der Waals surface area contributed by atoms with E-state index in [0.717, 1.165) is 5.69 Å². The maximum atomic E-state index is 12.7. The first-order chi connectivity index (χ1) is 8.67. The predicted molar refractivity (Wildman–Crippen MR) is 67.8 cm³/mol. The Hall–Kier alpha value is -1.99. The Morgan fingerprint density at radius 3 is 2.78 bits per heavy atom. The molecule has 1 aromatic heterocycles. The number of hydrazine groups is 1. The Balaban J connectivity index is 2.02. The van der Waals surface area contributed by atoms with Gasteiger partial charge in [-0.25, -0.2) is 15.2 Å². The number of nitrogens with two attached hydrogens (primary N) is 1. The van der Waals surface area contributed by atoms with Gasteiger partial charge in [0.1, 0.15) is 5.82 Å². The number of nitrogens with zero attached hydrogens (tertiary/aromatic N) is 1. The molecule has 4 N–H and O–H groups in total. The summed E-state index contributed by atoms with van der Waals surface area (Å²) in [5, 5.41) is 5.43. The molecule has 0 aliphatic carbocycles. The van der Waals surface area contributed by atoms with Gasteiger partial charge in [-0.15, -0.1) is 11.3 Å². The average molecular weight is 266 g/mol. The van der Waals surface area contributed by atoms with Crippen molar-refractivity contribution < 1.29 is 9.18 Å². The fraction of sp³-hybridized carbons (Fsp3) is 0.0909. The van der Waals surface area contributed by atoms with Gasteiger partial charge in [0.2, 0.25) is 5.91 Å². The van der Waals surface area contributed by atoms with Crippen LogP contribution in [0.1, 0.15) is 5.69 Å². The SMILES string of the molecule is NNC(=O)Cc1csc(Nc2ccc(F)cc2)n1. The first-order valence-corrected chi connectivity index (χ1v) is 6.02. The van der Waals surface area contributed by atoms with Gasteiger partial charge in [-0.05, 0) is 24.3 Å². The van der Waals surface area contributed by atoms with Gasteiger partial charge in [0.15, 0.2) is 5.13 Å². The monoisotopic (exact) mass is 266 g/mol. The van der Waals surface area contributed by atoms with E-state index in [-0.39, 0.29) is 18.1 Å². The number of rotatable bonds is 4. The minimum absolute atomic E-state index is 0.137. The molecule has 0 unspecified atom stereocenters. The second kappa shape index (κ2) is 5.56. The highest BCUT2D eigenvalue weighted by atomic mass is 32.1. The zero-order valence-corrected chi connectivity index (χ0v) is 10.1. The smallest absolute Gasteiger partial charge is 0.239 e. The summed E-state index contributed by atoms with van der Waals surface area (Å²) in [5.41, 5.74) is 3.41. The molecule has 1 heterocycles. The zero-order chi connectivity index (χ0) is 13.0. The number of benzene rings is 1. The molecule has 1 aromatic carbocycles. The summed E-state index contributed by atoms with van der Waals surface area (Å²) < 4.78 is 12.7. The van der Waals surface area contributed by atoms with E-state index in [1.807, 2.05) is 5.43 Å². The van der Waals surface area contributed by atoms with E-state index in [4.69, 9.17) is 5.84 Å². The van der Waals surface area contributed by atoms with Crippen LogP contribution in [-0.2, 0) is 11.2 Å². The lowest BCUT2D eigenvalue weighted by Gasteiger charge is -2.01. The van der Waals surface area contributed by atoms with Crippen molar-refractivity contribution in [2.45, 2.75) is 6.42 Å². The fourth-order valence-electron chi connectivity index (χ4n) is 1.32. The lowest BCUT2D eigenvalue weighted by atomic mass is 10.3. The highest BCUT2D eigenvalue weighted by Crippen LogP contribution is 2.21. The van der Waals surface area contributed by atoms with Crippen LogP contribution < -0.4 is 16.6 Å². The Morgan fingerprint density at radius 1 is 1.39 bits per heavy atom. The topological polar surface area (TPSA) is 80.0 Å². The molecule has 0 aliphatic heterocycles. The van der Waals surface area contributed by atoms with E-state index in [1.165, 1.54) is 23.5 Å². The molecule has 2 aromatic rings. The van der Waals surface area contributed by atoms with E-state index in [2.05, 4.69) is 10.3 Å². The van der Waals surface area contributed by atoms with Gasteiger partial charge in [0, 0.05) is 11.1 Å². The molecule has 0 spiro atoms. The summed E-state index contributed by atoms with van der Waals surface area (Å²) in [7, 11) is 0. The van der Waals surface area contributed by atoms with Crippen LogP contribution in [0.4, 0.5) is 15.2 Å². The lowest BCUT2D eigenvalue weighted by molar-refractivity contribution is -0.120. The number of hydrogen-bond acceptors (Lipinski definition) is 5. The second-order valence-electron chi connectivity index (χ2n) is 3.52. The van der Waals surface area contributed by atoms with Gasteiger partial charge in [-0.1, -0.05) is 0 Å². The van der Waals surface area contributed by atoms with Crippen molar-refractivity contribution in [1.82, 2.24) is 10.4 Å². The first-order valence-electron chi connectivity index (χ1n) is 5.14. The van der Waals surface area contributed by atoms with Crippen molar-refractivity contribution in [3.05, 3.63) is 41.2 Å². The number of anilines is 2. The molecule has 18 heavy (non-hydrogen) atoms. The molecule has 0 radical (unpaired) electrons. The third kappa shape index (κ3) is 3.25. The minimum atomic E-state index is -0.298. The lowest BCUT2D eigenvalue weighted by Crippen LogP contribution is -2.31. The van der Waals surface area contributed by atoms with Crippen molar-refractivity contribution in [2.24, 2.45) is 5.84 Å². The first kappa shape index (κ1) is 12.5. The summed E-state index contributed by atoms with van der Waals surface area (Å²) in [6.07, 6.45) is 0.137. The van der Waals surface area contributed by atoms with Gasteiger partial charge in [-0.3, -0.25) is 10.2 Å². The summed E-state index contributed by atoms with van der Waals surface area (Å²) in [4.78, 5) is 15.3. The Kier molecular flexibility index (Phi) is 3.85. The third-order valence-corrected chi connectivity index (χ3v) is 2.96. The second-order valence-corrected chi connectivity index (χ2v) is 4.38. The minimum Gasteiger partial charge on any atom is -0.332 e. The van der Waals surface area contributed by atoms with Crippen LogP contribution in [0.25, 0.3) is 0 Å². The van der Waals surface area contributed by atoms with Gasteiger partial charge in [-0.2, -0.15) is 0 Å². The number of nitrogens with one attached hydrogen (secondary N) is 2. The molecule has 0 bridgehead atoms. The molecule has 0 saturated carbocycles. The molecule has 2 rings (SSSR count). The molecule has 94 valence electrons. The zero-order valence-electron chi connectivity index (χ0n) is 9.31. The van der Waals surface area contributed by atoms with Crippen molar-refractivity contribution in [2.75, 3.05) is 5.32 Å². The summed E-state index contributed by atoms with van der Waals surface area (Å²) in [6.45, 7) is 0. The van der Waals surface area contributed by atoms with Crippen LogP contribution in [-0.4, -0.2) is 10.9 Å². The third-order valence-electron chi connectivity index (χ3n) is 2.15. The number of carbonyl (C=O) groups is 1. The Morgan fingerprint density at radius 2 is 2.11 bits per heavy atom. The number of halogens is 1. The predicted octanol–water partition coefficient (Wildman–Crippen LogP) is 1.56. The van der Waals surface area contributed by atoms with Crippen molar-refractivity contribution in [1.29, 1.82) is 0 Å². The van der Waals surface area contributed by atoms with Crippen molar-refractivity contribution in [3.63, 3.8) is 0 Å². The summed E-state index contributed by atoms with van der Waals surface area (Å²) >= 11 is 1.36. The molecule has 7 heteroatoms. The van der Waals surface area contributed by atoms with E-state index >= 15 is 0 Å². The van der Waals surface area contributed by atoms with Gasteiger partial charge >= 0.3 is 0 Å². The quantitative estimate of drug-likeness (QED) is 0.446. The number of aromatic nitrogens is 1. The van der Waals surface area contributed by atoms with E-state index in [9.17, 15) is 9.18 Å². The molecule has 0 aliphatic rings. The van der Waals surface area contributed by atoms with Gasteiger partial charge in [0.05, 0.1) is 12.1 Å². The van der Waals surface area contributed by atoms with Crippen LogP contribution in [0, 0.1) is 5.82 Å². The molecule has 0 fully saturated rings. The van der Waals surface area contributed by atoms with E-state index < -0.39 is 0 Å². The van der Waals surface area contributed by atoms with E-state index in [0.29, 0.717) is 10.8 Å². The molecule has 1 amide bonds. The van der Waals surface area contributed by atoms with Crippen LogP contribution in [0.15, 0.2) is 29.6 Å². The maximum absolute atomic E-state index is 12.7. The largest absolute Gasteiger partial charge is 0.332 e. The van der Waals surface area contributed by atoms with Gasteiger partial charge < -0.3 is 5.32 Å². The number of amides is 1. The molecule has 0 atom stereocenters. The van der Waals surface area contributed by atoms with Crippen molar-refractivity contribution >= 4 is 28.1 Å². The Bertz CT molecular complexity index is 540. The van der Waals surface area contributed by atoms with Crippen LogP contribution in [0.5, 0.6) is 0 Å². The molecule has 5 nitrogen and oxygen atoms in total. The van der Waals surface area contributed by atoms with E-state index in [1.54, 1.807) is 17.5 Å². The highest BCUT2D eigenvalue weighted by molar-refractivity contribution is 7.13. The molecule has 0 saturated heterocycles.